The molecule has 0 aliphatic carbocycles. The molecule has 0 spiro atoms. The van der Waals surface area contributed by atoms with Crippen molar-refractivity contribution in [3.8, 4) is 17.1 Å². The Hall–Kier alpha value is -4.11. The van der Waals surface area contributed by atoms with Gasteiger partial charge in [0.05, 0.1) is 5.75 Å². The molecule has 2 heterocycles. The van der Waals surface area contributed by atoms with E-state index < -0.39 is 5.63 Å². The standard InChI is InChI=1S/C24H18N4O4S/c1-15-6-12-18(13-7-15)28-23(24(30)32-27-28)33-14-21(29)25-17-10-8-16(9-11-17)22-26-19-4-2-3-5-20(19)31-22/h2-13H,14H2,1H3,(H-,25,26,27,29,30)/p+1. The summed E-state index contributed by atoms with van der Waals surface area (Å²) in [6, 6.07) is 22.4. The molecule has 0 saturated heterocycles. The summed E-state index contributed by atoms with van der Waals surface area (Å²) in [4.78, 5) is 29.0. The summed E-state index contributed by atoms with van der Waals surface area (Å²) in [6.45, 7) is 1.98. The molecule has 2 N–H and O–H groups in total. The topological polar surface area (TPSA) is 105 Å². The minimum Gasteiger partial charge on any atom is -0.436 e. The number of carbonyl (C=O) groups excluding carboxylic acids is 1. The lowest BCUT2D eigenvalue weighted by atomic mass is 10.2. The summed E-state index contributed by atoms with van der Waals surface area (Å²) in [5.41, 5.74) is 4.26. The van der Waals surface area contributed by atoms with Crippen molar-refractivity contribution in [1.82, 2.24) is 10.3 Å². The van der Waals surface area contributed by atoms with E-state index >= 15 is 0 Å². The van der Waals surface area contributed by atoms with Gasteiger partial charge in [0.25, 0.3) is 0 Å². The van der Waals surface area contributed by atoms with Crippen molar-refractivity contribution in [2.24, 2.45) is 0 Å². The molecule has 2 aromatic heterocycles. The number of hydrogen-bond donors (Lipinski definition) is 2. The van der Waals surface area contributed by atoms with E-state index in [1.165, 1.54) is 4.68 Å². The fourth-order valence-electron chi connectivity index (χ4n) is 3.27. The molecule has 0 aliphatic rings. The molecule has 3 aromatic carbocycles. The molecule has 33 heavy (non-hydrogen) atoms. The van der Waals surface area contributed by atoms with E-state index in [-0.39, 0.29) is 11.7 Å². The van der Waals surface area contributed by atoms with Gasteiger partial charge in [-0.3, -0.25) is 9.32 Å². The number of benzene rings is 3. The number of nitrogens with one attached hydrogen (secondary N) is 2. The smallest absolute Gasteiger partial charge is 0.436 e. The molecule has 164 valence electrons. The van der Waals surface area contributed by atoms with E-state index in [4.69, 9.17) is 8.94 Å². The Morgan fingerprint density at radius 1 is 1.06 bits per heavy atom. The van der Waals surface area contributed by atoms with Crippen LogP contribution in [0.3, 0.4) is 0 Å². The van der Waals surface area contributed by atoms with Crippen LogP contribution >= 0.6 is 11.8 Å². The number of aromatic nitrogens is 3. The van der Waals surface area contributed by atoms with Crippen molar-refractivity contribution in [2.75, 3.05) is 11.1 Å². The number of amides is 1. The van der Waals surface area contributed by atoms with Crippen LogP contribution in [0.4, 0.5) is 5.69 Å². The lowest BCUT2D eigenvalue weighted by Crippen LogP contribution is -2.36. The Bertz CT molecular complexity index is 1450. The molecule has 1 amide bonds. The molecular formula is C24H19N4O4S+. The number of aromatic amines is 1. The van der Waals surface area contributed by atoms with Crippen LogP contribution in [0.25, 0.3) is 28.2 Å². The Balaban J connectivity index is 1.24. The number of thioether (sulfide) groups is 1. The summed E-state index contributed by atoms with van der Waals surface area (Å²) in [5, 5.41) is 5.70. The molecule has 9 heteroatoms. The van der Waals surface area contributed by atoms with Crippen LogP contribution in [-0.2, 0) is 4.79 Å². The largest absolute Gasteiger partial charge is 0.442 e. The molecule has 0 radical (unpaired) electrons. The SMILES string of the molecule is Cc1ccc(-[n+]2[nH]oc(=O)c2SCC(=O)Nc2ccc(-c3nc4ccccc4o3)cc2)cc1. The van der Waals surface area contributed by atoms with Gasteiger partial charge in [-0.1, -0.05) is 29.8 Å². The first-order valence-electron chi connectivity index (χ1n) is 10.2. The summed E-state index contributed by atoms with van der Waals surface area (Å²) < 4.78 is 12.2. The van der Waals surface area contributed by atoms with Gasteiger partial charge in [0.2, 0.25) is 17.5 Å². The van der Waals surface area contributed by atoms with Crippen molar-refractivity contribution in [3.05, 3.63) is 88.8 Å². The van der Waals surface area contributed by atoms with Crippen LogP contribution in [-0.4, -0.2) is 21.9 Å². The fourth-order valence-corrected chi connectivity index (χ4v) is 4.04. The van der Waals surface area contributed by atoms with Crippen LogP contribution in [0.15, 0.2) is 91.6 Å². The van der Waals surface area contributed by atoms with E-state index in [1.807, 2.05) is 67.6 Å². The summed E-state index contributed by atoms with van der Waals surface area (Å²) in [5.74, 6) is 0.316. The highest BCUT2D eigenvalue weighted by Crippen LogP contribution is 2.25. The van der Waals surface area contributed by atoms with E-state index in [1.54, 1.807) is 12.1 Å². The van der Waals surface area contributed by atoms with E-state index in [0.29, 0.717) is 16.6 Å². The molecule has 0 fully saturated rings. The molecule has 5 rings (SSSR count). The molecule has 0 aliphatic heterocycles. The number of H-pyrrole nitrogens is 1. The molecular weight excluding hydrogens is 440 g/mol. The second-order valence-electron chi connectivity index (χ2n) is 7.36. The predicted octanol–water partition coefficient (Wildman–Crippen LogP) is 4.09. The first-order chi connectivity index (χ1) is 16.1. The van der Waals surface area contributed by atoms with Gasteiger partial charge in [0, 0.05) is 23.4 Å². The highest BCUT2D eigenvalue weighted by molar-refractivity contribution is 7.99. The third-order valence-electron chi connectivity index (χ3n) is 4.95. The van der Waals surface area contributed by atoms with Crippen LogP contribution in [0, 0.1) is 6.92 Å². The van der Waals surface area contributed by atoms with Gasteiger partial charge >= 0.3 is 10.7 Å². The number of rotatable bonds is 6. The van der Waals surface area contributed by atoms with Gasteiger partial charge < -0.3 is 9.73 Å². The third-order valence-corrected chi connectivity index (χ3v) is 5.98. The first-order valence-corrected chi connectivity index (χ1v) is 11.1. The number of fused-ring (bicyclic) bond motifs is 1. The molecule has 8 nitrogen and oxygen atoms in total. The van der Waals surface area contributed by atoms with Crippen molar-refractivity contribution in [1.29, 1.82) is 0 Å². The Kier molecular flexibility index (Phi) is 5.54. The minimum absolute atomic E-state index is 0.0430. The Morgan fingerprint density at radius 3 is 2.58 bits per heavy atom. The normalized spacial score (nSPS) is 11.1. The highest BCUT2D eigenvalue weighted by Gasteiger charge is 2.25. The van der Waals surface area contributed by atoms with Crippen molar-refractivity contribution in [3.63, 3.8) is 0 Å². The van der Waals surface area contributed by atoms with E-state index in [0.717, 1.165) is 39.7 Å². The highest BCUT2D eigenvalue weighted by atomic mass is 32.2. The van der Waals surface area contributed by atoms with Crippen LogP contribution in [0.2, 0.25) is 0 Å². The van der Waals surface area contributed by atoms with Gasteiger partial charge in [-0.25, -0.2) is 9.78 Å². The van der Waals surface area contributed by atoms with Crippen molar-refractivity contribution in [2.45, 2.75) is 11.9 Å². The van der Waals surface area contributed by atoms with Gasteiger partial charge in [-0.05, 0) is 65.0 Å². The van der Waals surface area contributed by atoms with E-state index in [9.17, 15) is 9.59 Å². The number of nitrogens with zero attached hydrogens (tertiary/aromatic N) is 2. The third kappa shape index (κ3) is 4.44. The van der Waals surface area contributed by atoms with Gasteiger partial charge in [-0.2, -0.15) is 0 Å². The van der Waals surface area contributed by atoms with Crippen LogP contribution in [0.1, 0.15) is 5.56 Å². The predicted molar refractivity (Wildman–Crippen MR) is 124 cm³/mol. The monoisotopic (exact) mass is 459 g/mol. The number of para-hydroxylation sites is 2. The van der Waals surface area contributed by atoms with Gasteiger partial charge in [0.15, 0.2) is 5.58 Å². The van der Waals surface area contributed by atoms with E-state index in [2.05, 4.69) is 15.6 Å². The average Bonchev–Trinajstić information content (AvgIpc) is 3.42. The summed E-state index contributed by atoms with van der Waals surface area (Å²) in [7, 11) is 0. The van der Waals surface area contributed by atoms with Crippen LogP contribution < -0.4 is 15.6 Å². The maximum Gasteiger partial charge on any atom is 0.442 e. The number of carbonyl (C=O) groups is 1. The lowest BCUT2D eigenvalue weighted by molar-refractivity contribution is -0.704. The zero-order valence-corrected chi connectivity index (χ0v) is 18.4. The van der Waals surface area contributed by atoms with Gasteiger partial charge in [0.1, 0.15) is 5.52 Å². The van der Waals surface area contributed by atoms with Crippen molar-refractivity contribution >= 4 is 34.5 Å². The molecule has 0 unspecified atom stereocenters. The minimum atomic E-state index is -0.531. The second-order valence-corrected chi connectivity index (χ2v) is 8.32. The maximum absolute atomic E-state index is 12.5. The van der Waals surface area contributed by atoms with Crippen molar-refractivity contribution < 1.29 is 18.4 Å². The number of hydrogen-bond acceptors (Lipinski definition) is 6. The number of oxazole rings is 1. The quantitative estimate of drug-likeness (QED) is 0.293. The van der Waals surface area contributed by atoms with Gasteiger partial charge in [-0.15, -0.1) is 0 Å². The lowest BCUT2D eigenvalue weighted by Gasteiger charge is -2.04. The second kappa shape index (κ2) is 8.79. The Labute approximate surface area is 192 Å². The average molecular weight is 460 g/mol. The Morgan fingerprint density at radius 2 is 1.82 bits per heavy atom. The zero-order valence-electron chi connectivity index (χ0n) is 17.6. The molecule has 0 atom stereocenters. The molecule has 0 bridgehead atoms. The molecule has 5 aromatic rings. The first kappa shape index (κ1) is 20.8. The maximum atomic E-state index is 12.5. The molecule has 0 saturated carbocycles. The zero-order chi connectivity index (χ0) is 22.8. The summed E-state index contributed by atoms with van der Waals surface area (Å²) >= 11 is 1.10. The van der Waals surface area contributed by atoms with Crippen LogP contribution in [0.5, 0.6) is 0 Å². The number of anilines is 1. The summed E-state index contributed by atoms with van der Waals surface area (Å²) in [6.07, 6.45) is 0. The number of aryl methyl sites for hydroxylation is 1. The fraction of sp³-hybridized carbons (Fsp3) is 0.0833.